The number of benzene rings is 2. The molecule has 0 saturated carbocycles. The van der Waals surface area contributed by atoms with E-state index in [9.17, 15) is 14.9 Å². The summed E-state index contributed by atoms with van der Waals surface area (Å²) < 4.78 is 10.7. The van der Waals surface area contributed by atoms with Gasteiger partial charge in [-0.05, 0) is 42.3 Å². The van der Waals surface area contributed by atoms with Crippen LogP contribution in [0.2, 0.25) is 0 Å². The van der Waals surface area contributed by atoms with Crippen LogP contribution in [0, 0.1) is 17.0 Å². The molecule has 2 aromatic carbocycles. The molecule has 0 saturated heterocycles. The van der Waals surface area contributed by atoms with Crippen molar-refractivity contribution in [3.05, 3.63) is 69.9 Å². The highest BCUT2D eigenvalue weighted by Crippen LogP contribution is 2.28. The van der Waals surface area contributed by atoms with E-state index in [1.807, 2.05) is 25.1 Å². The number of methoxy groups -OCH3 is 1. The first-order valence-electron chi connectivity index (χ1n) is 7.47. The van der Waals surface area contributed by atoms with Crippen molar-refractivity contribution in [1.29, 1.82) is 0 Å². The lowest BCUT2D eigenvalue weighted by atomic mass is 10.2. The smallest absolute Gasteiger partial charge is 0.262 e. The number of hydrogen-bond donors (Lipinski definition) is 1. The van der Waals surface area contributed by atoms with Gasteiger partial charge in [0.15, 0.2) is 18.1 Å². The number of anilines is 1. The van der Waals surface area contributed by atoms with Gasteiger partial charge in [0, 0.05) is 11.8 Å². The Hall–Kier alpha value is -3.35. The van der Waals surface area contributed by atoms with Crippen LogP contribution in [0.25, 0.3) is 6.08 Å². The summed E-state index contributed by atoms with van der Waals surface area (Å²) >= 11 is 0. The highest BCUT2D eigenvalue weighted by atomic mass is 16.6. The van der Waals surface area contributed by atoms with Gasteiger partial charge in [0.1, 0.15) is 0 Å². The van der Waals surface area contributed by atoms with E-state index in [1.165, 1.54) is 13.2 Å². The van der Waals surface area contributed by atoms with Gasteiger partial charge in [-0.2, -0.15) is 0 Å². The molecule has 0 aliphatic heterocycles. The summed E-state index contributed by atoms with van der Waals surface area (Å²) in [6.07, 6.45) is 2.18. The molecule has 0 aliphatic rings. The summed E-state index contributed by atoms with van der Waals surface area (Å²) in [5, 5.41) is 13.1. The third-order valence-corrected chi connectivity index (χ3v) is 3.24. The summed E-state index contributed by atoms with van der Waals surface area (Å²) in [6, 6.07) is 12.3. The Balaban J connectivity index is 1.99. The topological polar surface area (TPSA) is 90.7 Å². The predicted octanol–water partition coefficient (Wildman–Crippen LogP) is 3.27. The second-order valence-corrected chi connectivity index (χ2v) is 5.22. The zero-order valence-electron chi connectivity index (χ0n) is 13.9. The first-order valence-corrected chi connectivity index (χ1v) is 7.47. The Morgan fingerprint density at radius 2 is 2.04 bits per heavy atom. The summed E-state index contributed by atoms with van der Waals surface area (Å²) in [5.74, 6) is 0.457. The second-order valence-electron chi connectivity index (χ2n) is 5.22. The fourth-order valence-electron chi connectivity index (χ4n) is 2.12. The van der Waals surface area contributed by atoms with Crippen LogP contribution in [0.1, 0.15) is 11.1 Å². The number of carbonyl (C=O) groups excluding carboxylic acids is 1. The Morgan fingerprint density at radius 1 is 1.24 bits per heavy atom. The van der Waals surface area contributed by atoms with Crippen LogP contribution in [0.4, 0.5) is 5.69 Å². The maximum atomic E-state index is 12.0. The molecule has 1 amide bonds. The zero-order chi connectivity index (χ0) is 18.2. The van der Waals surface area contributed by atoms with Gasteiger partial charge in [-0.1, -0.05) is 18.2 Å². The molecule has 0 atom stereocenters. The molecule has 1 N–H and O–H groups in total. The van der Waals surface area contributed by atoms with E-state index < -0.39 is 4.92 Å². The third-order valence-electron chi connectivity index (χ3n) is 3.24. The minimum absolute atomic E-state index is 0.186. The molecule has 130 valence electrons. The molecule has 0 radical (unpaired) electrons. The van der Waals surface area contributed by atoms with Gasteiger partial charge in [0.2, 0.25) is 6.20 Å². The highest BCUT2D eigenvalue weighted by molar-refractivity contribution is 5.92. The van der Waals surface area contributed by atoms with Crippen molar-refractivity contribution in [3.63, 3.8) is 0 Å². The van der Waals surface area contributed by atoms with Crippen molar-refractivity contribution in [2.75, 3.05) is 19.0 Å². The van der Waals surface area contributed by atoms with Crippen LogP contribution in [-0.4, -0.2) is 24.5 Å². The highest BCUT2D eigenvalue weighted by Gasteiger charge is 2.09. The van der Waals surface area contributed by atoms with Crippen LogP contribution >= 0.6 is 0 Å². The molecule has 0 aliphatic carbocycles. The molecular weight excluding hydrogens is 324 g/mol. The summed E-state index contributed by atoms with van der Waals surface area (Å²) in [5.41, 5.74) is 2.32. The normalized spacial score (nSPS) is 10.5. The number of nitrogens with one attached hydrogen (secondary N) is 1. The zero-order valence-corrected chi connectivity index (χ0v) is 13.9. The minimum atomic E-state index is -0.549. The average molecular weight is 342 g/mol. The molecule has 25 heavy (non-hydrogen) atoms. The van der Waals surface area contributed by atoms with E-state index in [0.29, 0.717) is 22.7 Å². The SMILES string of the molecule is COc1cc(/C=C/[N+](=O)[O-])ccc1OCC(=O)Nc1cccc(C)c1. The van der Waals surface area contributed by atoms with Gasteiger partial charge < -0.3 is 14.8 Å². The number of hydrogen-bond acceptors (Lipinski definition) is 5. The Kier molecular flexibility index (Phi) is 6.11. The Bertz CT molecular complexity index is 802. The largest absolute Gasteiger partial charge is 0.493 e. The molecule has 2 rings (SSSR count). The fraction of sp³-hybridized carbons (Fsp3) is 0.167. The number of nitro groups is 1. The Morgan fingerprint density at radius 3 is 2.72 bits per heavy atom. The van der Waals surface area contributed by atoms with Crippen molar-refractivity contribution in [2.24, 2.45) is 0 Å². The van der Waals surface area contributed by atoms with Gasteiger partial charge in [-0.3, -0.25) is 14.9 Å². The second kappa shape index (κ2) is 8.49. The van der Waals surface area contributed by atoms with E-state index >= 15 is 0 Å². The van der Waals surface area contributed by atoms with Crippen molar-refractivity contribution < 1.29 is 19.2 Å². The monoisotopic (exact) mass is 342 g/mol. The molecule has 0 unspecified atom stereocenters. The Labute approximate surface area is 145 Å². The van der Waals surface area contributed by atoms with E-state index in [1.54, 1.807) is 24.3 Å². The van der Waals surface area contributed by atoms with Gasteiger partial charge >= 0.3 is 0 Å². The molecule has 7 nitrogen and oxygen atoms in total. The number of aryl methyl sites for hydroxylation is 1. The minimum Gasteiger partial charge on any atom is -0.493 e. The van der Waals surface area contributed by atoms with Crippen LogP contribution in [-0.2, 0) is 4.79 Å². The number of carbonyl (C=O) groups is 1. The molecule has 0 fully saturated rings. The van der Waals surface area contributed by atoms with Crippen molar-refractivity contribution in [3.8, 4) is 11.5 Å². The molecule has 0 spiro atoms. The number of rotatable bonds is 7. The van der Waals surface area contributed by atoms with Crippen LogP contribution in [0.5, 0.6) is 11.5 Å². The van der Waals surface area contributed by atoms with Gasteiger partial charge in [0.25, 0.3) is 5.91 Å². The molecule has 2 aromatic rings. The van der Waals surface area contributed by atoms with Crippen molar-refractivity contribution >= 4 is 17.7 Å². The maximum absolute atomic E-state index is 12.0. The lowest BCUT2D eigenvalue weighted by Gasteiger charge is -2.11. The number of nitrogens with zero attached hydrogens (tertiary/aromatic N) is 1. The molecular formula is C18H18N2O5. The molecule has 7 heteroatoms. The lowest BCUT2D eigenvalue weighted by molar-refractivity contribution is -0.400. The summed E-state index contributed by atoms with van der Waals surface area (Å²) in [7, 11) is 1.45. The van der Waals surface area contributed by atoms with E-state index in [2.05, 4.69) is 5.32 Å². The standard InChI is InChI=1S/C18H18N2O5/c1-13-4-3-5-15(10-13)19-18(21)12-25-16-7-6-14(8-9-20(22)23)11-17(16)24-2/h3-11H,12H2,1-2H3,(H,19,21)/b9-8+. The van der Waals surface area contributed by atoms with Crippen LogP contribution in [0.15, 0.2) is 48.7 Å². The molecule has 0 bridgehead atoms. The van der Waals surface area contributed by atoms with Crippen LogP contribution < -0.4 is 14.8 Å². The maximum Gasteiger partial charge on any atom is 0.262 e. The predicted molar refractivity (Wildman–Crippen MR) is 94.3 cm³/mol. The third kappa shape index (κ3) is 5.65. The summed E-state index contributed by atoms with van der Waals surface area (Å²) in [4.78, 5) is 21.8. The lowest BCUT2D eigenvalue weighted by Crippen LogP contribution is -2.20. The van der Waals surface area contributed by atoms with Crippen molar-refractivity contribution in [1.82, 2.24) is 0 Å². The van der Waals surface area contributed by atoms with E-state index in [4.69, 9.17) is 9.47 Å². The van der Waals surface area contributed by atoms with Gasteiger partial charge in [-0.15, -0.1) is 0 Å². The van der Waals surface area contributed by atoms with Gasteiger partial charge in [-0.25, -0.2) is 0 Å². The number of amides is 1. The van der Waals surface area contributed by atoms with Crippen LogP contribution in [0.3, 0.4) is 0 Å². The van der Waals surface area contributed by atoms with E-state index in [-0.39, 0.29) is 12.5 Å². The molecule has 0 aromatic heterocycles. The fourth-order valence-corrected chi connectivity index (χ4v) is 2.12. The first-order chi connectivity index (χ1) is 12.0. The first kappa shape index (κ1) is 18.0. The molecule has 0 heterocycles. The van der Waals surface area contributed by atoms with Gasteiger partial charge in [0.05, 0.1) is 12.0 Å². The van der Waals surface area contributed by atoms with E-state index in [0.717, 1.165) is 11.8 Å². The summed E-state index contributed by atoms with van der Waals surface area (Å²) in [6.45, 7) is 1.75. The number of ether oxygens (including phenoxy) is 2. The quantitative estimate of drug-likeness (QED) is 0.616. The van der Waals surface area contributed by atoms with Crippen molar-refractivity contribution in [2.45, 2.75) is 6.92 Å². The average Bonchev–Trinajstić information content (AvgIpc) is 2.58.